The van der Waals surface area contributed by atoms with Crippen LogP contribution in [0.4, 0.5) is 24.8 Å². The van der Waals surface area contributed by atoms with Crippen molar-refractivity contribution in [1.29, 1.82) is 0 Å². The molecule has 0 unspecified atom stereocenters. The molecule has 1 fully saturated rings. The number of likely N-dealkylation sites (tertiary alicyclic amines) is 1. The molecule has 5 amide bonds. The van der Waals surface area contributed by atoms with Crippen molar-refractivity contribution in [3.8, 4) is 0 Å². The number of carbonyl (C=O) groups is 6. The molecule has 0 bridgehead atoms. The van der Waals surface area contributed by atoms with Gasteiger partial charge in [0.1, 0.15) is 6.04 Å². The first kappa shape index (κ1) is 48.4. The van der Waals surface area contributed by atoms with Gasteiger partial charge >= 0.3 is 18.1 Å². The van der Waals surface area contributed by atoms with Crippen molar-refractivity contribution in [3.05, 3.63) is 52.1 Å². The zero-order chi connectivity index (χ0) is 44.9. The molecular weight excluding hydrogens is 848 g/mol. The lowest BCUT2D eigenvalue weighted by Gasteiger charge is -2.24. The molecule has 1 aromatic carbocycles. The van der Waals surface area contributed by atoms with E-state index in [-0.39, 0.29) is 64.8 Å². The maximum Gasteiger partial charge on any atom is 0.471 e. The highest BCUT2D eigenvalue weighted by molar-refractivity contribution is 8.76. The molecular formula is C38H48F3N9O9S2. The van der Waals surface area contributed by atoms with E-state index >= 15 is 0 Å². The van der Waals surface area contributed by atoms with E-state index < -0.39 is 60.0 Å². The molecule has 18 nitrogen and oxygen atoms in total. The lowest BCUT2D eigenvalue weighted by atomic mass is 10.1. The summed E-state index contributed by atoms with van der Waals surface area (Å²) < 4.78 is 46.0. The number of aliphatic hydroxyl groups excluding tert-OH is 1. The van der Waals surface area contributed by atoms with Crippen LogP contribution in [0.15, 0.2) is 35.3 Å². The Hall–Kier alpha value is -5.29. The third kappa shape index (κ3) is 14.1. The number of nitrogens with one attached hydrogen (secondary N) is 4. The number of carbonyl (C=O) groups excluding carboxylic acids is 6. The van der Waals surface area contributed by atoms with Gasteiger partial charge in [0.25, 0.3) is 11.5 Å². The Bertz CT molecular complexity index is 2110. The molecule has 0 saturated carbocycles. The Morgan fingerprint density at radius 2 is 1.77 bits per heavy atom. The van der Waals surface area contributed by atoms with Crippen LogP contribution in [0.3, 0.4) is 0 Å². The molecule has 332 valence electrons. The van der Waals surface area contributed by atoms with Gasteiger partial charge in [-0.3, -0.25) is 44.0 Å². The standard InChI is InChI=1S/C38H48F3N9O9S2/c1-5-24-17-26(51)20-49(24)29(53)7-6-15-60-61-16-14-42-28(52)13-12-27(35(57)59-4)45-33(55)22-8-10-25(11-9-22)50(36(58)38(39,40)41)19-23-18-43-31-30(44-23)34(56)48-37(46-31)47-32(54)21(2)3/h8-11,18,21,24,26-27,51H,5-7,12-17,19-20H2,1-4H3,(H,42,52)(H,45,55)(H2,43,46,47,48,54,56)/t24-,26-,27+/m1/s1. The molecule has 3 atom stereocenters. The van der Waals surface area contributed by atoms with Crippen LogP contribution in [0, 0.1) is 5.92 Å². The number of fused-ring (bicyclic) bond motifs is 1. The number of hydrogen-bond acceptors (Lipinski definition) is 14. The van der Waals surface area contributed by atoms with E-state index in [1.54, 1.807) is 29.5 Å². The van der Waals surface area contributed by atoms with Gasteiger partial charge in [0.2, 0.25) is 23.7 Å². The number of esters is 1. The highest BCUT2D eigenvalue weighted by atomic mass is 33.1. The summed E-state index contributed by atoms with van der Waals surface area (Å²) in [6.07, 6.45) is -2.56. The van der Waals surface area contributed by atoms with Crippen molar-refractivity contribution >= 4 is 79.9 Å². The van der Waals surface area contributed by atoms with Gasteiger partial charge in [-0.05, 0) is 49.9 Å². The maximum atomic E-state index is 13.8. The summed E-state index contributed by atoms with van der Waals surface area (Å²) in [5.74, 6) is -4.04. The Kier molecular flexibility index (Phi) is 17.9. The Balaban J connectivity index is 1.29. The predicted octanol–water partition coefficient (Wildman–Crippen LogP) is 3.10. The van der Waals surface area contributed by atoms with Gasteiger partial charge in [-0.1, -0.05) is 42.4 Å². The number of anilines is 2. The van der Waals surface area contributed by atoms with E-state index in [0.717, 1.165) is 49.7 Å². The van der Waals surface area contributed by atoms with Gasteiger partial charge in [0, 0.05) is 60.6 Å². The largest absolute Gasteiger partial charge is 0.471 e. The van der Waals surface area contributed by atoms with Gasteiger partial charge < -0.3 is 25.4 Å². The van der Waals surface area contributed by atoms with Crippen LogP contribution in [0.25, 0.3) is 11.2 Å². The second-order valence-corrected chi connectivity index (χ2v) is 16.9. The number of β-amino-alcohol motifs (C(OH)–C–C–N with tert-alkyl or cyclic N) is 1. The van der Waals surface area contributed by atoms with Gasteiger partial charge in [0.15, 0.2) is 11.2 Å². The molecule has 4 rings (SSSR count). The first-order valence-corrected chi connectivity index (χ1v) is 21.8. The SMILES string of the molecule is CC[C@@H]1C[C@@H](O)CN1C(=O)CCCSSCCNC(=O)CC[C@H](NC(=O)c1ccc(N(Cc2cnc3nc(NC(=O)C(C)C)[nH]c(=O)c3n2)C(=O)C(F)(F)F)cc1)C(=O)OC. The number of methoxy groups -OCH3 is 1. The minimum atomic E-state index is -5.33. The van der Waals surface area contributed by atoms with Crippen LogP contribution in [-0.2, 0) is 35.3 Å². The number of amides is 5. The molecule has 23 heteroatoms. The van der Waals surface area contributed by atoms with Crippen molar-refractivity contribution in [2.45, 2.75) is 90.2 Å². The normalized spacial score (nSPS) is 15.7. The molecule has 3 heterocycles. The molecule has 0 spiro atoms. The zero-order valence-corrected chi connectivity index (χ0v) is 35.5. The first-order valence-electron chi connectivity index (χ1n) is 19.3. The number of H-pyrrole nitrogens is 1. The number of rotatable bonds is 20. The van der Waals surface area contributed by atoms with Crippen LogP contribution in [0.1, 0.15) is 75.3 Å². The van der Waals surface area contributed by atoms with Crippen LogP contribution < -0.4 is 26.4 Å². The Labute approximate surface area is 356 Å². The Morgan fingerprint density at radius 3 is 2.43 bits per heavy atom. The number of ether oxygens (including phenoxy) is 1. The van der Waals surface area contributed by atoms with E-state index in [1.807, 2.05) is 6.92 Å². The number of hydrogen-bond donors (Lipinski definition) is 5. The summed E-state index contributed by atoms with van der Waals surface area (Å²) in [5.41, 5.74) is -2.02. The molecule has 1 saturated heterocycles. The molecule has 61 heavy (non-hydrogen) atoms. The van der Waals surface area contributed by atoms with Gasteiger partial charge in [-0.25, -0.2) is 14.8 Å². The van der Waals surface area contributed by atoms with Gasteiger partial charge in [0.05, 0.1) is 31.6 Å². The maximum absolute atomic E-state index is 13.8. The van der Waals surface area contributed by atoms with E-state index in [4.69, 9.17) is 4.74 Å². The molecule has 0 radical (unpaired) electrons. The number of aromatic amines is 1. The summed E-state index contributed by atoms with van der Waals surface area (Å²) in [5, 5.41) is 17.5. The summed E-state index contributed by atoms with van der Waals surface area (Å²) in [6, 6.07) is 3.24. The number of benzene rings is 1. The van der Waals surface area contributed by atoms with Crippen LogP contribution in [0.2, 0.25) is 0 Å². The molecule has 0 aliphatic carbocycles. The fourth-order valence-corrected chi connectivity index (χ4v) is 8.09. The topological polar surface area (TPSA) is 246 Å². The molecule has 1 aliphatic rings. The highest BCUT2D eigenvalue weighted by Gasteiger charge is 2.43. The van der Waals surface area contributed by atoms with Crippen LogP contribution in [-0.4, -0.2) is 122 Å². The lowest BCUT2D eigenvalue weighted by Crippen LogP contribution is -2.42. The average Bonchev–Trinajstić information content (AvgIpc) is 3.62. The zero-order valence-electron chi connectivity index (χ0n) is 33.9. The summed E-state index contributed by atoms with van der Waals surface area (Å²) in [6.45, 7) is 5.15. The van der Waals surface area contributed by atoms with Crippen molar-refractivity contribution in [2.24, 2.45) is 5.92 Å². The van der Waals surface area contributed by atoms with Crippen molar-refractivity contribution in [1.82, 2.24) is 35.5 Å². The average molecular weight is 896 g/mol. The molecule has 1 aliphatic heterocycles. The minimum Gasteiger partial charge on any atom is -0.467 e. The van der Waals surface area contributed by atoms with Gasteiger partial charge in [-0.15, -0.1) is 0 Å². The molecule has 3 aromatic rings. The first-order chi connectivity index (χ1) is 28.9. The second-order valence-electron chi connectivity index (χ2n) is 14.2. The number of alkyl halides is 3. The predicted molar refractivity (Wildman–Crippen MR) is 221 cm³/mol. The monoisotopic (exact) mass is 895 g/mol. The fraction of sp³-hybridized carbons (Fsp3) is 0.526. The van der Waals surface area contributed by atoms with Crippen molar-refractivity contribution in [3.63, 3.8) is 0 Å². The summed E-state index contributed by atoms with van der Waals surface area (Å²) >= 11 is 0. The van der Waals surface area contributed by atoms with Crippen LogP contribution >= 0.6 is 21.6 Å². The second kappa shape index (κ2) is 22.5. The van der Waals surface area contributed by atoms with Crippen molar-refractivity contribution in [2.75, 3.05) is 41.9 Å². The molecule has 5 N–H and O–H groups in total. The van der Waals surface area contributed by atoms with Gasteiger partial charge in [-0.2, -0.15) is 18.2 Å². The summed E-state index contributed by atoms with van der Waals surface area (Å²) in [7, 11) is 4.20. The Morgan fingerprint density at radius 1 is 1.07 bits per heavy atom. The third-order valence-corrected chi connectivity index (χ3v) is 11.8. The highest BCUT2D eigenvalue weighted by Crippen LogP contribution is 2.27. The smallest absolute Gasteiger partial charge is 0.467 e. The lowest BCUT2D eigenvalue weighted by molar-refractivity contribution is -0.170. The number of aromatic nitrogens is 4. The van der Waals surface area contributed by atoms with E-state index in [0.29, 0.717) is 43.0 Å². The quantitative estimate of drug-likeness (QED) is 0.0622. The number of nitrogens with zero attached hydrogens (tertiary/aromatic N) is 5. The number of aliphatic hydroxyl groups is 1. The third-order valence-electron chi connectivity index (χ3n) is 9.33. The number of halogens is 3. The van der Waals surface area contributed by atoms with E-state index in [2.05, 4.69) is 35.9 Å². The molecule has 2 aromatic heterocycles. The van der Waals surface area contributed by atoms with E-state index in [1.165, 1.54) is 10.8 Å². The van der Waals surface area contributed by atoms with Crippen LogP contribution in [0.5, 0.6) is 0 Å². The summed E-state index contributed by atoms with van der Waals surface area (Å²) in [4.78, 5) is 104. The van der Waals surface area contributed by atoms with E-state index in [9.17, 15) is 51.8 Å². The minimum absolute atomic E-state index is 0.0430. The van der Waals surface area contributed by atoms with Crippen molar-refractivity contribution < 1.29 is 51.8 Å². The fourth-order valence-electron chi connectivity index (χ4n) is 6.10.